The number of aromatic nitrogens is 2. The number of methoxy groups -OCH3 is 1. The van der Waals surface area contributed by atoms with Gasteiger partial charge in [0.25, 0.3) is 6.02 Å². The van der Waals surface area contributed by atoms with Gasteiger partial charge in [0.15, 0.2) is 0 Å². The Bertz CT molecular complexity index is 805. The van der Waals surface area contributed by atoms with Gasteiger partial charge < -0.3 is 15.2 Å². The van der Waals surface area contributed by atoms with Crippen molar-refractivity contribution in [3.05, 3.63) is 41.7 Å². The largest absolute Gasteiger partial charge is 0.480 e. The van der Waals surface area contributed by atoms with Crippen LogP contribution in [0, 0.1) is 0 Å². The minimum Gasteiger partial charge on any atom is -0.480 e. The molecule has 1 spiro atoms. The van der Waals surface area contributed by atoms with Crippen molar-refractivity contribution in [3.8, 4) is 17.1 Å². The van der Waals surface area contributed by atoms with Gasteiger partial charge in [-0.2, -0.15) is 0 Å². The fourth-order valence-corrected chi connectivity index (χ4v) is 3.52. The summed E-state index contributed by atoms with van der Waals surface area (Å²) in [7, 11) is 1.59. The topological polar surface area (TPSA) is 82.6 Å². The van der Waals surface area contributed by atoms with Crippen LogP contribution in [0.2, 0.25) is 0 Å². The number of ether oxygens (including phenoxy) is 2. The Balaban J connectivity index is 1.79. The van der Waals surface area contributed by atoms with Gasteiger partial charge in [0.2, 0.25) is 5.88 Å². The predicted molar refractivity (Wildman–Crippen MR) is 86.3 cm³/mol. The van der Waals surface area contributed by atoms with E-state index >= 15 is 0 Å². The third kappa shape index (κ3) is 2.13. The first-order valence-electron chi connectivity index (χ1n) is 7.60. The zero-order valence-electron chi connectivity index (χ0n) is 13.1. The van der Waals surface area contributed by atoms with Crippen molar-refractivity contribution >= 4 is 6.02 Å². The number of amidine groups is 1. The number of aliphatic imine (C=N–C) groups is 1. The summed E-state index contributed by atoms with van der Waals surface area (Å²) in [6.45, 7) is 2.03. The summed E-state index contributed by atoms with van der Waals surface area (Å²) in [5.74, 6) is 0.507. The molecule has 6 nitrogen and oxygen atoms in total. The first-order valence-corrected chi connectivity index (χ1v) is 7.60. The minimum atomic E-state index is -0.297. The summed E-state index contributed by atoms with van der Waals surface area (Å²) >= 11 is 0. The van der Waals surface area contributed by atoms with Crippen LogP contribution >= 0.6 is 0 Å². The van der Waals surface area contributed by atoms with Gasteiger partial charge in [0.1, 0.15) is 11.6 Å². The van der Waals surface area contributed by atoms with Crippen LogP contribution in [0.5, 0.6) is 5.88 Å². The van der Waals surface area contributed by atoms with E-state index in [2.05, 4.69) is 27.1 Å². The normalized spacial score (nSPS) is 25.1. The van der Waals surface area contributed by atoms with Crippen molar-refractivity contribution in [3.63, 3.8) is 0 Å². The lowest BCUT2D eigenvalue weighted by Crippen LogP contribution is -2.36. The second-order valence-electron chi connectivity index (χ2n) is 6.06. The molecular formula is C17H18N4O2. The molecule has 2 N–H and O–H groups in total. The molecule has 23 heavy (non-hydrogen) atoms. The smallest absolute Gasteiger partial charge is 0.282 e. The molecular weight excluding hydrogens is 292 g/mol. The first kappa shape index (κ1) is 14.0. The van der Waals surface area contributed by atoms with Crippen LogP contribution in [0.3, 0.4) is 0 Å². The fraction of sp³-hybridized carbons (Fsp3) is 0.353. The van der Waals surface area contributed by atoms with Crippen molar-refractivity contribution < 1.29 is 9.47 Å². The lowest BCUT2D eigenvalue weighted by atomic mass is 9.91. The summed E-state index contributed by atoms with van der Waals surface area (Å²) in [6, 6.07) is 6.53. The highest BCUT2D eigenvalue weighted by Crippen LogP contribution is 2.42. The molecule has 1 aromatic carbocycles. The zero-order valence-corrected chi connectivity index (χ0v) is 13.1. The fourth-order valence-electron chi connectivity index (χ4n) is 3.52. The third-order valence-electron chi connectivity index (χ3n) is 4.74. The molecule has 0 saturated heterocycles. The third-order valence-corrected chi connectivity index (χ3v) is 4.74. The summed E-state index contributed by atoms with van der Waals surface area (Å²) in [6.07, 6.45) is 4.95. The molecule has 0 amide bonds. The Morgan fingerprint density at radius 2 is 2.17 bits per heavy atom. The highest BCUT2D eigenvalue weighted by Gasteiger charge is 2.48. The van der Waals surface area contributed by atoms with Gasteiger partial charge in [-0.15, -0.1) is 0 Å². The second kappa shape index (κ2) is 4.94. The van der Waals surface area contributed by atoms with Gasteiger partial charge in [-0.05, 0) is 18.1 Å². The molecule has 0 radical (unpaired) electrons. The van der Waals surface area contributed by atoms with E-state index in [0.717, 1.165) is 24.1 Å². The van der Waals surface area contributed by atoms with Crippen molar-refractivity contribution in [2.24, 2.45) is 10.7 Å². The van der Waals surface area contributed by atoms with Gasteiger partial charge in [0.05, 0.1) is 25.2 Å². The van der Waals surface area contributed by atoms with Gasteiger partial charge >= 0.3 is 0 Å². The molecule has 2 unspecified atom stereocenters. The van der Waals surface area contributed by atoms with Crippen LogP contribution in [0.15, 0.2) is 35.6 Å². The highest BCUT2D eigenvalue weighted by molar-refractivity contribution is 5.75. The molecule has 2 atom stereocenters. The standard InChI is InChI=1S/C17H18N4O2/c1-10-17(21-16(18)23-10)6-11-4-3-5-12(13(11)7-17)14-8-19-9-15(20-14)22-2/h3-5,8-10H,6-7H2,1-2H3,(H2,18,21). The van der Waals surface area contributed by atoms with Gasteiger partial charge in [-0.3, -0.25) is 4.98 Å². The number of nitrogens with zero attached hydrogens (tertiary/aromatic N) is 3. The molecule has 4 rings (SSSR count). The Hall–Kier alpha value is -2.63. The summed E-state index contributed by atoms with van der Waals surface area (Å²) < 4.78 is 10.8. The van der Waals surface area contributed by atoms with Crippen molar-refractivity contribution in [2.75, 3.05) is 7.11 Å². The van der Waals surface area contributed by atoms with E-state index in [9.17, 15) is 0 Å². The Kier molecular flexibility index (Phi) is 3.01. The molecule has 118 valence electrons. The van der Waals surface area contributed by atoms with Crippen LogP contribution in [0.1, 0.15) is 18.1 Å². The molecule has 0 bridgehead atoms. The van der Waals surface area contributed by atoms with Crippen LogP contribution < -0.4 is 10.5 Å². The van der Waals surface area contributed by atoms with Crippen molar-refractivity contribution in [1.82, 2.24) is 9.97 Å². The van der Waals surface area contributed by atoms with Crippen molar-refractivity contribution in [2.45, 2.75) is 31.4 Å². The van der Waals surface area contributed by atoms with Crippen LogP contribution in [0.4, 0.5) is 0 Å². The number of hydrogen-bond donors (Lipinski definition) is 1. The molecule has 1 aliphatic carbocycles. The van der Waals surface area contributed by atoms with E-state index < -0.39 is 0 Å². The van der Waals surface area contributed by atoms with Gasteiger partial charge in [-0.25, -0.2) is 9.98 Å². The minimum absolute atomic E-state index is 0.0286. The SMILES string of the molecule is COc1cncc(-c2cccc3c2CC2(C3)N=C(N)OC2C)n1. The number of rotatable bonds is 2. The zero-order chi connectivity index (χ0) is 16.0. The second-order valence-corrected chi connectivity index (χ2v) is 6.06. The van der Waals surface area contributed by atoms with E-state index in [1.54, 1.807) is 19.5 Å². The Morgan fingerprint density at radius 3 is 2.91 bits per heavy atom. The maximum atomic E-state index is 5.79. The quantitative estimate of drug-likeness (QED) is 0.913. The maximum absolute atomic E-state index is 5.79. The van der Waals surface area contributed by atoms with E-state index in [4.69, 9.17) is 15.2 Å². The van der Waals surface area contributed by atoms with E-state index in [-0.39, 0.29) is 17.7 Å². The van der Waals surface area contributed by atoms with Crippen molar-refractivity contribution in [1.29, 1.82) is 0 Å². The number of hydrogen-bond acceptors (Lipinski definition) is 6. The van der Waals surface area contributed by atoms with Gasteiger partial charge in [-0.1, -0.05) is 18.2 Å². The molecule has 0 saturated carbocycles. The lowest BCUT2D eigenvalue weighted by molar-refractivity contribution is 0.157. The molecule has 2 aromatic rings. The molecule has 1 aliphatic heterocycles. The molecule has 2 aliphatic rings. The lowest BCUT2D eigenvalue weighted by Gasteiger charge is -2.23. The summed E-state index contributed by atoms with van der Waals surface area (Å²) in [5, 5.41) is 0. The van der Waals surface area contributed by atoms with Crippen LogP contribution in [0.25, 0.3) is 11.3 Å². The molecule has 6 heteroatoms. The summed E-state index contributed by atoms with van der Waals surface area (Å²) in [4.78, 5) is 13.3. The number of fused-ring (bicyclic) bond motifs is 1. The number of benzene rings is 1. The Morgan fingerprint density at radius 1 is 1.30 bits per heavy atom. The molecule has 2 heterocycles. The van der Waals surface area contributed by atoms with E-state index in [1.165, 1.54) is 11.1 Å². The monoisotopic (exact) mass is 310 g/mol. The van der Waals surface area contributed by atoms with Crippen LogP contribution in [-0.2, 0) is 17.6 Å². The maximum Gasteiger partial charge on any atom is 0.282 e. The summed E-state index contributed by atoms with van der Waals surface area (Å²) in [5.41, 5.74) is 9.87. The molecule has 1 aromatic heterocycles. The Labute approximate surface area is 134 Å². The van der Waals surface area contributed by atoms with E-state index in [1.807, 2.05) is 13.0 Å². The van der Waals surface area contributed by atoms with E-state index in [0.29, 0.717) is 5.88 Å². The number of nitrogens with two attached hydrogens (primary N) is 1. The van der Waals surface area contributed by atoms with Crippen LogP contribution in [-0.4, -0.2) is 34.7 Å². The van der Waals surface area contributed by atoms with Gasteiger partial charge in [0, 0.05) is 18.4 Å². The first-order chi connectivity index (χ1) is 11.1. The average molecular weight is 310 g/mol. The highest BCUT2D eigenvalue weighted by atomic mass is 16.5. The average Bonchev–Trinajstić information content (AvgIpc) is 3.06. The predicted octanol–water partition coefficient (Wildman–Crippen LogP) is 1.72. The molecule has 0 fully saturated rings.